The molecule has 8 nitrogen and oxygen atoms in total. The van der Waals surface area contributed by atoms with Crippen LogP contribution in [0.1, 0.15) is 50.7 Å². The van der Waals surface area contributed by atoms with Crippen LogP contribution in [0.25, 0.3) is 12.2 Å². The topological polar surface area (TPSA) is 81.2 Å². The van der Waals surface area contributed by atoms with Gasteiger partial charge in [0, 0.05) is 24.5 Å². The van der Waals surface area contributed by atoms with Crippen LogP contribution in [-0.2, 0) is 19.2 Å². The maximum absolute atomic E-state index is 13.1. The van der Waals surface area contributed by atoms with Crippen LogP contribution in [0, 0.1) is 0 Å². The first-order chi connectivity index (χ1) is 18.3. The van der Waals surface area contributed by atoms with Gasteiger partial charge in [-0.3, -0.25) is 29.0 Å². The average Bonchev–Trinajstić information content (AvgIpc) is 3.62. The van der Waals surface area contributed by atoms with Gasteiger partial charge < -0.3 is 9.80 Å². The van der Waals surface area contributed by atoms with Crippen LogP contribution in [0.4, 0.5) is 11.4 Å². The fraction of sp³-hybridized carbons (Fsp3) is 0.400. The molecule has 4 fully saturated rings. The Morgan fingerprint density at radius 1 is 0.579 bits per heavy atom. The lowest BCUT2D eigenvalue weighted by Crippen LogP contribution is -2.62. The van der Waals surface area contributed by atoms with E-state index in [-0.39, 0.29) is 35.7 Å². The largest absolute Gasteiger partial charge is 0.329 e. The number of hydrogen-bond donors (Lipinski definition) is 0. The third kappa shape index (κ3) is 3.90. The van der Waals surface area contributed by atoms with Gasteiger partial charge in [0.05, 0.1) is 0 Å². The minimum Gasteiger partial charge on any atom is -0.329 e. The Morgan fingerprint density at radius 3 is 1.32 bits per heavy atom. The molecular formula is C30H32N4O4. The maximum Gasteiger partial charge on any atom is 0.250 e. The predicted octanol–water partition coefficient (Wildman–Crippen LogP) is 3.31. The maximum atomic E-state index is 13.1. The molecule has 2 aromatic carbocycles. The van der Waals surface area contributed by atoms with Gasteiger partial charge in [0.1, 0.15) is 24.2 Å². The monoisotopic (exact) mass is 512 g/mol. The van der Waals surface area contributed by atoms with Crippen molar-refractivity contribution in [2.75, 3.05) is 22.9 Å². The summed E-state index contributed by atoms with van der Waals surface area (Å²) in [4.78, 5) is 58.4. The van der Waals surface area contributed by atoms with Gasteiger partial charge in [0.25, 0.3) is 11.8 Å². The fourth-order valence-corrected chi connectivity index (χ4v) is 6.36. The quantitative estimate of drug-likeness (QED) is 0.589. The molecule has 4 atom stereocenters. The van der Waals surface area contributed by atoms with Crippen molar-refractivity contribution < 1.29 is 19.2 Å². The predicted molar refractivity (Wildman–Crippen MR) is 145 cm³/mol. The van der Waals surface area contributed by atoms with Crippen LogP contribution < -0.4 is 9.80 Å². The van der Waals surface area contributed by atoms with E-state index in [1.54, 1.807) is 33.4 Å². The van der Waals surface area contributed by atoms with Crippen molar-refractivity contribution in [3.05, 3.63) is 59.7 Å². The van der Waals surface area contributed by atoms with Gasteiger partial charge in [-0.15, -0.1) is 0 Å². The number of rotatable bonds is 4. The summed E-state index contributed by atoms with van der Waals surface area (Å²) in [6.45, 7) is 4.93. The molecule has 2 unspecified atom stereocenters. The second-order valence-electron chi connectivity index (χ2n) is 10.7. The first-order valence-corrected chi connectivity index (χ1v) is 13.5. The Hall–Kier alpha value is -3.94. The van der Waals surface area contributed by atoms with Gasteiger partial charge in [-0.1, -0.05) is 36.4 Å². The molecule has 0 spiro atoms. The zero-order valence-corrected chi connectivity index (χ0v) is 21.7. The Balaban J connectivity index is 1.15. The Morgan fingerprint density at radius 2 is 0.947 bits per heavy atom. The number of amides is 4. The second kappa shape index (κ2) is 9.42. The highest BCUT2D eigenvalue weighted by molar-refractivity contribution is 6.09. The highest BCUT2D eigenvalue weighted by atomic mass is 16.2. The lowest BCUT2D eigenvalue weighted by atomic mass is 10.0. The molecule has 8 heteroatoms. The highest BCUT2D eigenvalue weighted by Crippen LogP contribution is 2.32. The number of nitrogens with zero attached hydrogens (tertiary/aromatic N) is 4. The fourth-order valence-electron chi connectivity index (χ4n) is 6.36. The first-order valence-electron chi connectivity index (χ1n) is 13.5. The number of carbonyl (C=O) groups excluding carboxylic acids is 4. The van der Waals surface area contributed by atoms with Gasteiger partial charge in [0.15, 0.2) is 0 Å². The zero-order valence-electron chi connectivity index (χ0n) is 21.7. The summed E-state index contributed by atoms with van der Waals surface area (Å²) in [5.74, 6) is 0.0406. The molecule has 0 saturated carbocycles. The summed E-state index contributed by atoms with van der Waals surface area (Å²) in [7, 11) is 0. The molecule has 4 aliphatic heterocycles. The molecule has 4 amide bonds. The second-order valence-corrected chi connectivity index (χ2v) is 10.7. The molecule has 0 bridgehead atoms. The summed E-state index contributed by atoms with van der Waals surface area (Å²) in [6, 6.07) is 13.7. The van der Waals surface area contributed by atoms with Crippen LogP contribution in [0.3, 0.4) is 0 Å². The van der Waals surface area contributed by atoms with E-state index >= 15 is 0 Å². The lowest BCUT2D eigenvalue weighted by Gasteiger charge is -2.40. The Kier molecular flexibility index (Phi) is 6.05. The molecule has 0 aliphatic carbocycles. The molecule has 196 valence electrons. The molecule has 4 saturated heterocycles. The molecule has 4 heterocycles. The number of carbonyl (C=O) groups is 4. The van der Waals surface area contributed by atoms with E-state index in [0.29, 0.717) is 13.1 Å². The number of fused-ring (bicyclic) bond motifs is 2. The van der Waals surface area contributed by atoms with E-state index in [1.807, 2.05) is 60.7 Å². The Bertz CT molecular complexity index is 1220. The minimum absolute atomic E-state index is 0.00169. The van der Waals surface area contributed by atoms with Gasteiger partial charge in [0.2, 0.25) is 11.8 Å². The van der Waals surface area contributed by atoms with E-state index < -0.39 is 12.1 Å². The molecule has 6 rings (SSSR count). The van der Waals surface area contributed by atoms with Crippen molar-refractivity contribution >= 4 is 47.2 Å². The van der Waals surface area contributed by atoms with Crippen molar-refractivity contribution in [2.45, 2.75) is 63.7 Å². The normalized spacial score (nSPS) is 27.5. The lowest BCUT2D eigenvalue weighted by molar-refractivity contribution is -0.143. The van der Waals surface area contributed by atoms with E-state index in [4.69, 9.17) is 0 Å². The van der Waals surface area contributed by atoms with Crippen LogP contribution in [0.5, 0.6) is 0 Å². The molecular weight excluding hydrogens is 480 g/mol. The van der Waals surface area contributed by atoms with Crippen molar-refractivity contribution in [1.29, 1.82) is 0 Å². The van der Waals surface area contributed by atoms with Crippen molar-refractivity contribution in [3.63, 3.8) is 0 Å². The van der Waals surface area contributed by atoms with Crippen molar-refractivity contribution in [2.24, 2.45) is 0 Å². The average molecular weight is 513 g/mol. The third-order valence-electron chi connectivity index (χ3n) is 8.42. The molecule has 2 aromatic rings. The molecule has 0 radical (unpaired) electrons. The summed E-state index contributed by atoms with van der Waals surface area (Å²) >= 11 is 0. The standard InChI is InChI=1S/C30H32N4O4/c1-19-27(35)31-17-3-5-25(31)29(37)33(19)23-13-9-21(10-14-23)7-8-22-11-15-24(16-12-22)34-20(2)28(36)32-18-4-6-26(32)30(34)38/h7-16,19-20,25-26H,3-6,17-18H2,1-2H3/b8-7+/t19?,20?,25-,26-/m0/s1. The SMILES string of the molecule is CC1C(=O)N2CCC[C@H]2C(=O)N1c1ccc(/C=C/c2ccc(N3C(=O)[C@@H]4CCCN4C(=O)C3C)cc2)cc1. The van der Waals surface area contributed by atoms with E-state index in [9.17, 15) is 19.2 Å². The van der Waals surface area contributed by atoms with E-state index in [0.717, 1.165) is 48.2 Å². The van der Waals surface area contributed by atoms with Crippen molar-refractivity contribution in [3.8, 4) is 0 Å². The smallest absolute Gasteiger partial charge is 0.250 e. The number of piperazine rings is 2. The summed E-state index contributed by atoms with van der Waals surface area (Å²) < 4.78 is 0. The van der Waals surface area contributed by atoms with E-state index in [1.165, 1.54) is 0 Å². The third-order valence-corrected chi connectivity index (χ3v) is 8.42. The van der Waals surface area contributed by atoms with Gasteiger partial charge >= 0.3 is 0 Å². The van der Waals surface area contributed by atoms with Crippen LogP contribution in [-0.4, -0.2) is 70.7 Å². The summed E-state index contributed by atoms with van der Waals surface area (Å²) in [5.41, 5.74) is 3.41. The summed E-state index contributed by atoms with van der Waals surface area (Å²) in [5, 5.41) is 0. The minimum atomic E-state index is -0.502. The van der Waals surface area contributed by atoms with Gasteiger partial charge in [-0.05, 0) is 74.9 Å². The number of anilines is 2. The number of benzene rings is 2. The van der Waals surface area contributed by atoms with Crippen LogP contribution >= 0.6 is 0 Å². The zero-order chi connectivity index (χ0) is 26.6. The van der Waals surface area contributed by atoms with Crippen molar-refractivity contribution in [1.82, 2.24) is 9.80 Å². The number of hydrogen-bond acceptors (Lipinski definition) is 4. The molecule has 38 heavy (non-hydrogen) atoms. The van der Waals surface area contributed by atoms with E-state index in [2.05, 4.69) is 0 Å². The highest BCUT2D eigenvalue weighted by Gasteiger charge is 2.47. The van der Waals surface area contributed by atoms with Gasteiger partial charge in [-0.25, -0.2) is 0 Å². The molecule has 4 aliphatic rings. The van der Waals surface area contributed by atoms with Crippen LogP contribution in [0.15, 0.2) is 48.5 Å². The molecule has 0 N–H and O–H groups in total. The molecule has 0 aromatic heterocycles. The Labute approximate surface area is 222 Å². The first kappa shape index (κ1) is 24.4. The van der Waals surface area contributed by atoms with Gasteiger partial charge in [-0.2, -0.15) is 0 Å². The summed E-state index contributed by atoms with van der Waals surface area (Å²) in [6.07, 6.45) is 7.18. The van der Waals surface area contributed by atoms with Crippen LogP contribution in [0.2, 0.25) is 0 Å².